The summed E-state index contributed by atoms with van der Waals surface area (Å²) in [7, 11) is 0. The van der Waals surface area contributed by atoms with Crippen LogP contribution in [0.5, 0.6) is 0 Å². The zero-order chi connectivity index (χ0) is 20.6. The molecule has 6 nitrogen and oxygen atoms in total. The second-order valence-corrected chi connectivity index (χ2v) is 8.34. The Balaban J connectivity index is 1.47. The maximum absolute atomic E-state index is 12.9. The third-order valence-electron chi connectivity index (χ3n) is 5.91. The van der Waals surface area contributed by atoms with Gasteiger partial charge in [-0.3, -0.25) is 5.01 Å². The number of ether oxygens (including phenoxy) is 1. The SMILES string of the molecule is C[C@H]1CC(O)(c2ccc(C(F)(F)F)cc2)C[C@@H](C2=CN(CC3CCOC3)NN2)N1. The van der Waals surface area contributed by atoms with Gasteiger partial charge in [-0.15, -0.1) is 5.53 Å². The van der Waals surface area contributed by atoms with Gasteiger partial charge in [0.15, 0.2) is 0 Å². The van der Waals surface area contributed by atoms with E-state index in [4.69, 9.17) is 4.74 Å². The van der Waals surface area contributed by atoms with Crippen LogP contribution in [0.25, 0.3) is 0 Å². The number of aliphatic hydroxyl groups is 1. The standard InChI is InChI=1S/C20H27F3N4O2/c1-13-8-19(28,15-2-4-16(5-3-15)20(21,22)23)9-17(24-13)18-11-27(26-25-18)10-14-6-7-29-12-14/h2-5,11,13-14,17,24-26,28H,6-10,12H2,1H3/t13-,14?,17-,19?/m0/s1. The minimum atomic E-state index is -4.39. The van der Waals surface area contributed by atoms with E-state index < -0.39 is 17.3 Å². The van der Waals surface area contributed by atoms with Gasteiger partial charge in [-0.1, -0.05) is 12.1 Å². The summed E-state index contributed by atoms with van der Waals surface area (Å²) in [4.78, 5) is 0. The summed E-state index contributed by atoms with van der Waals surface area (Å²) in [5.74, 6) is 0.474. The third kappa shape index (κ3) is 4.53. The van der Waals surface area contributed by atoms with Crippen molar-refractivity contribution in [2.45, 2.75) is 50.0 Å². The summed E-state index contributed by atoms with van der Waals surface area (Å²) in [6.07, 6.45) is -0.569. The molecule has 0 radical (unpaired) electrons. The van der Waals surface area contributed by atoms with Gasteiger partial charge in [0.2, 0.25) is 0 Å². The van der Waals surface area contributed by atoms with E-state index >= 15 is 0 Å². The molecule has 2 saturated heterocycles. The van der Waals surface area contributed by atoms with Crippen molar-refractivity contribution in [3.63, 3.8) is 0 Å². The molecule has 2 unspecified atom stereocenters. The number of nitrogens with zero attached hydrogens (tertiary/aromatic N) is 1. The lowest BCUT2D eigenvalue weighted by Gasteiger charge is -2.41. The molecular formula is C20H27F3N4O2. The first-order valence-electron chi connectivity index (χ1n) is 9.97. The summed E-state index contributed by atoms with van der Waals surface area (Å²) in [5.41, 5.74) is 5.79. The van der Waals surface area contributed by atoms with Crippen LogP contribution in [0.3, 0.4) is 0 Å². The fraction of sp³-hybridized carbons (Fsp3) is 0.600. The fourth-order valence-electron chi connectivity index (χ4n) is 4.44. The Morgan fingerprint density at radius 3 is 2.66 bits per heavy atom. The lowest BCUT2D eigenvalue weighted by molar-refractivity contribution is -0.137. The van der Waals surface area contributed by atoms with E-state index in [0.717, 1.165) is 44.0 Å². The van der Waals surface area contributed by atoms with Gasteiger partial charge < -0.3 is 20.6 Å². The van der Waals surface area contributed by atoms with Crippen LogP contribution in [-0.2, 0) is 16.5 Å². The summed E-state index contributed by atoms with van der Waals surface area (Å²) >= 11 is 0. The molecule has 0 aromatic heterocycles. The zero-order valence-electron chi connectivity index (χ0n) is 16.3. The van der Waals surface area contributed by atoms with Crippen LogP contribution in [-0.4, -0.2) is 42.0 Å². The highest BCUT2D eigenvalue weighted by Crippen LogP contribution is 2.38. The summed E-state index contributed by atoms with van der Waals surface area (Å²) in [5, 5.41) is 16.8. The van der Waals surface area contributed by atoms with Crippen LogP contribution in [0.2, 0.25) is 0 Å². The van der Waals surface area contributed by atoms with Gasteiger partial charge in [0.1, 0.15) is 0 Å². The van der Waals surface area contributed by atoms with E-state index in [0.29, 0.717) is 24.3 Å². The number of benzene rings is 1. The zero-order valence-corrected chi connectivity index (χ0v) is 16.3. The molecule has 2 fully saturated rings. The van der Waals surface area contributed by atoms with Crippen molar-refractivity contribution < 1.29 is 23.0 Å². The average Bonchev–Trinajstić information content (AvgIpc) is 3.33. The summed E-state index contributed by atoms with van der Waals surface area (Å²) in [6.45, 7) is 4.35. The Morgan fingerprint density at radius 2 is 2.00 bits per heavy atom. The van der Waals surface area contributed by atoms with Crippen molar-refractivity contribution >= 4 is 0 Å². The molecule has 0 amide bonds. The number of rotatable bonds is 4. The Bertz CT molecular complexity index is 749. The normalized spacial score (nSPS) is 32.9. The molecule has 9 heteroatoms. The smallest absolute Gasteiger partial charge is 0.385 e. The second-order valence-electron chi connectivity index (χ2n) is 8.34. The fourth-order valence-corrected chi connectivity index (χ4v) is 4.44. The van der Waals surface area contributed by atoms with E-state index in [1.54, 1.807) is 0 Å². The second kappa shape index (κ2) is 7.79. The quantitative estimate of drug-likeness (QED) is 0.608. The molecule has 3 heterocycles. The monoisotopic (exact) mass is 412 g/mol. The molecule has 4 atom stereocenters. The molecule has 0 aliphatic carbocycles. The van der Waals surface area contributed by atoms with Gasteiger partial charge >= 0.3 is 6.18 Å². The van der Waals surface area contributed by atoms with Gasteiger partial charge in [-0.05, 0) is 37.5 Å². The van der Waals surface area contributed by atoms with E-state index in [1.807, 2.05) is 18.1 Å². The van der Waals surface area contributed by atoms with Gasteiger partial charge in [-0.25, -0.2) is 0 Å². The van der Waals surface area contributed by atoms with E-state index in [-0.39, 0.29) is 12.1 Å². The van der Waals surface area contributed by atoms with Gasteiger partial charge in [-0.2, -0.15) is 13.2 Å². The molecule has 0 spiro atoms. The molecule has 0 bridgehead atoms. The van der Waals surface area contributed by atoms with E-state index in [1.165, 1.54) is 12.1 Å². The topological polar surface area (TPSA) is 68.8 Å². The molecule has 4 N–H and O–H groups in total. The number of piperidine rings is 1. The van der Waals surface area contributed by atoms with Crippen molar-refractivity contribution in [3.8, 4) is 0 Å². The number of nitrogens with one attached hydrogen (secondary N) is 3. The van der Waals surface area contributed by atoms with Crippen LogP contribution in [0.15, 0.2) is 36.2 Å². The number of hydrazine groups is 2. The molecule has 0 saturated carbocycles. The molecular weight excluding hydrogens is 385 g/mol. The Hall–Kier alpha value is -1.81. The van der Waals surface area contributed by atoms with Crippen LogP contribution in [0.4, 0.5) is 13.2 Å². The predicted octanol–water partition coefficient (Wildman–Crippen LogP) is 2.24. The molecule has 29 heavy (non-hydrogen) atoms. The highest BCUT2D eigenvalue weighted by atomic mass is 19.4. The van der Waals surface area contributed by atoms with Gasteiger partial charge in [0.25, 0.3) is 0 Å². The molecule has 160 valence electrons. The Labute approximate surface area is 168 Å². The summed E-state index contributed by atoms with van der Waals surface area (Å²) < 4.78 is 44.0. The first-order valence-corrected chi connectivity index (χ1v) is 9.97. The molecule has 1 aromatic rings. The molecule has 3 aliphatic heterocycles. The van der Waals surface area contributed by atoms with Crippen molar-refractivity contribution in [3.05, 3.63) is 47.3 Å². The average molecular weight is 412 g/mol. The molecule has 3 aliphatic rings. The predicted molar refractivity (Wildman–Crippen MR) is 101 cm³/mol. The molecule has 4 rings (SSSR count). The maximum atomic E-state index is 12.9. The van der Waals surface area contributed by atoms with Gasteiger partial charge in [0, 0.05) is 37.7 Å². The van der Waals surface area contributed by atoms with Crippen LogP contribution in [0.1, 0.15) is 37.3 Å². The highest BCUT2D eigenvalue weighted by molar-refractivity contribution is 5.31. The van der Waals surface area contributed by atoms with Crippen molar-refractivity contribution in [1.82, 2.24) is 21.3 Å². The van der Waals surface area contributed by atoms with E-state index in [9.17, 15) is 18.3 Å². The van der Waals surface area contributed by atoms with Crippen LogP contribution in [0, 0.1) is 5.92 Å². The lowest BCUT2D eigenvalue weighted by Crippen LogP contribution is -2.53. The minimum Gasteiger partial charge on any atom is -0.385 e. The largest absolute Gasteiger partial charge is 0.416 e. The number of halogens is 3. The minimum absolute atomic E-state index is 0.000949. The van der Waals surface area contributed by atoms with Crippen LogP contribution >= 0.6 is 0 Å². The van der Waals surface area contributed by atoms with Gasteiger partial charge in [0.05, 0.1) is 29.5 Å². The van der Waals surface area contributed by atoms with Crippen molar-refractivity contribution in [1.29, 1.82) is 0 Å². The maximum Gasteiger partial charge on any atom is 0.416 e. The first kappa shape index (κ1) is 20.5. The van der Waals surface area contributed by atoms with Crippen LogP contribution < -0.4 is 16.3 Å². The van der Waals surface area contributed by atoms with Crippen molar-refractivity contribution in [2.24, 2.45) is 5.92 Å². The van der Waals surface area contributed by atoms with Crippen molar-refractivity contribution in [2.75, 3.05) is 19.8 Å². The highest BCUT2D eigenvalue weighted by Gasteiger charge is 2.41. The molecule has 1 aromatic carbocycles. The number of hydrogen-bond acceptors (Lipinski definition) is 6. The lowest BCUT2D eigenvalue weighted by atomic mass is 9.78. The Kier molecular flexibility index (Phi) is 5.50. The third-order valence-corrected chi connectivity index (χ3v) is 5.91. The Morgan fingerprint density at radius 1 is 1.24 bits per heavy atom. The van der Waals surface area contributed by atoms with E-state index in [2.05, 4.69) is 16.3 Å². The number of alkyl halides is 3. The first-order chi connectivity index (χ1) is 13.7. The summed E-state index contributed by atoms with van der Waals surface area (Å²) in [6, 6.07) is 4.70. The number of hydrogen-bond donors (Lipinski definition) is 4.